The Kier molecular flexibility index (Phi) is 5.42. The van der Waals surface area contributed by atoms with Crippen molar-refractivity contribution in [2.45, 2.75) is 13.0 Å². The van der Waals surface area contributed by atoms with Crippen LogP contribution in [0.15, 0.2) is 79.1 Å². The first-order valence-electron chi connectivity index (χ1n) is 8.26. The quantitative estimate of drug-likeness (QED) is 0.742. The fourth-order valence-electron chi connectivity index (χ4n) is 2.63. The molecule has 1 heterocycles. The van der Waals surface area contributed by atoms with E-state index in [4.69, 9.17) is 4.74 Å². The number of aromatic nitrogens is 1. The summed E-state index contributed by atoms with van der Waals surface area (Å²) < 4.78 is 5.42. The van der Waals surface area contributed by atoms with Crippen LogP contribution in [-0.2, 0) is 0 Å². The highest BCUT2D eigenvalue weighted by molar-refractivity contribution is 5.94. The van der Waals surface area contributed by atoms with Crippen molar-refractivity contribution in [2.24, 2.45) is 0 Å². The molecule has 0 spiro atoms. The smallest absolute Gasteiger partial charge is 0.252 e. The Labute approximate surface area is 147 Å². The molecule has 0 radical (unpaired) electrons. The van der Waals surface area contributed by atoms with Crippen LogP contribution in [0, 0.1) is 0 Å². The van der Waals surface area contributed by atoms with Crippen molar-refractivity contribution in [3.05, 3.63) is 95.8 Å². The number of hydrogen-bond acceptors (Lipinski definition) is 3. The van der Waals surface area contributed by atoms with Gasteiger partial charge >= 0.3 is 0 Å². The standard InChI is InChI=1S/C21H20N2O2/c1-2-25-19-12-10-17(11-13-19)21(24)23-20(16-7-4-3-5-8-16)18-9-6-14-22-15-18/h3-15,20H,2H2,1H3,(H,23,24). The zero-order chi connectivity index (χ0) is 17.5. The second kappa shape index (κ2) is 8.11. The Balaban J connectivity index is 1.84. The summed E-state index contributed by atoms with van der Waals surface area (Å²) in [5.74, 6) is 0.617. The van der Waals surface area contributed by atoms with E-state index in [0.717, 1.165) is 16.9 Å². The second-order valence-corrected chi connectivity index (χ2v) is 5.56. The van der Waals surface area contributed by atoms with Gasteiger partial charge in [0.25, 0.3) is 5.91 Å². The number of nitrogens with one attached hydrogen (secondary N) is 1. The first-order chi connectivity index (χ1) is 12.3. The molecule has 25 heavy (non-hydrogen) atoms. The minimum atomic E-state index is -0.256. The predicted molar refractivity (Wildman–Crippen MR) is 97.6 cm³/mol. The van der Waals surface area contributed by atoms with Crippen molar-refractivity contribution >= 4 is 5.91 Å². The van der Waals surface area contributed by atoms with E-state index in [0.29, 0.717) is 12.2 Å². The number of hydrogen-bond donors (Lipinski definition) is 1. The second-order valence-electron chi connectivity index (χ2n) is 5.56. The van der Waals surface area contributed by atoms with Gasteiger partial charge in [-0.25, -0.2) is 0 Å². The largest absolute Gasteiger partial charge is 0.494 e. The van der Waals surface area contributed by atoms with E-state index in [9.17, 15) is 4.79 Å². The molecule has 1 atom stereocenters. The van der Waals surface area contributed by atoms with Gasteiger partial charge in [-0.05, 0) is 48.4 Å². The van der Waals surface area contributed by atoms with Crippen LogP contribution in [0.4, 0.5) is 0 Å². The minimum Gasteiger partial charge on any atom is -0.494 e. The average Bonchev–Trinajstić information content (AvgIpc) is 2.68. The predicted octanol–water partition coefficient (Wildman–Crippen LogP) is 4.00. The van der Waals surface area contributed by atoms with Crippen LogP contribution >= 0.6 is 0 Å². The van der Waals surface area contributed by atoms with Gasteiger partial charge in [-0.15, -0.1) is 0 Å². The van der Waals surface area contributed by atoms with E-state index in [2.05, 4.69) is 10.3 Å². The highest BCUT2D eigenvalue weighted by atomic mass is 16.5. The van der Waals surface area contributed by atoms with Crippen LogP contribution in [0.5, 0.6) is 5.75 Å². The SMILES string of the molecule is CCOc1ccc(C(=O)NC(c2ccccc2)c2cccnc2)cc1. The molecule has 4 nitrogen and oxygen atoms in total. The van der Waals surface area contributed by atoms with E-state index in [1.54, 1.807) is 36.7 Å². The third-order valence-electron chi connectivity index (χ3n) is 3.85. The van der Waals surface area contributed by atoms with Crippen molar-refractivity contribution in [3.8, 4) is 5.75 Å². The van der Waals surface area contributed by atoms with Crippen molar-refractivity contribution < 1.29 is 9.53 Å². The van der Waals surface area contributed by atoms with E-state index in [1.807, 2.05) is 49.4 Å². The van der Waals surface area contributed by atoms with Gasteiger partial charge in [0, 0.05) is 18.0 Å². The molecule has 126 valence electrons. The van der Waals surface area contributed by atoms with Crippen LogP contribution in [0.3, 0.4) is 0 Å². The van der Waals surface area contributed by atoms with Crippen LogP contribution in [0.25, 0.3) is 0 Å². The molecule has 1 unspecified atom stereocenters. The van der Waals surface area contributed by atoms with Crippen LogP contribution < -0.4 is 10.1 Å². The van der Waals surface area contributed by atoms with Crippen molar-refractivity contribution in [2.75, 3.05) is 6.61 Å². The Morgan fingerprint density at radius 2 is 1.72 bits per heavy atom. The van der Waals surface area contributed by atoms with E-state index < -0.39 is 0 Å². The molecule has 3 rings (SSSR count). The summed E-state index contributed by atoms with van der Waals surface area (Å²) in [5, 5.41) is 3.10. The molecule has 0 fully saturated rings. The van der Waals surface area contributed by atoms with Gasteiger partial charge in [-0.1, -0.05) is 36.4 Å². The molecular formula is C21H20N2O2. The zero-order valence-corrected chi connectivity index (χ0v) is 14.1. The summed E-state index contributed by atoms with van der Waals surface area (Å²) in [5.41, 5.74) is 2.54. The molecule has 4 heteroatoms. The molecule has 3 aromatic rings. The highest BCUT2D eigenvalue weighted by Gasteiger charge is 2.17. The number of pyridine rings is 1. The maximum atomic E-state index is 12.7. The number of amides is 1. The molecule has 1 N–H and O–H groups in total. The molecule has 0 aliphatic carbocycles. The maximum absolute atomic E-state index is 12.7. The molecule has 1 aromatic heterocycles. The molecule has 0 bridgehead atoms. The normalized spacial score (nSPS) is 11.6. The molecule has 1 amide bonds. The van der Waals surface area contributed by atoms with Crippen molar-refractivity contribution in [1.82, 2.24) is 10.3 Å². The Hall–Kier alpha value is -3.14. The van der Waals surface area contributed by atoms with Gasteiger partial charge in [-0.2, -0.15) is 0 Å². The summed E-state index contributed by atoms with van der Waals surface area (Å²) in [6.07, 6.45) is 3.50. The van der Waals surface area contributed by atoms with Gasteiger partial charge in [-0.3, -0.25) is 9.78 Å². The lowest BCUT2D eigenvalue weighted by atomic mass is 9.99. The summed E-state index contributed by atoms with van der Waals surface area (Å²) in [7, 11) is 0. The first-order valence-corrected chi connectivity index (χ1v) is 8.26. The van der Waals surface area contributed by atoms with Gasteiger partial charge < -0.3 is 10.1 Å². The van der Waals surface area contributed by atoms with Gasteiger partial charge in [0.05, 0.1) is 12.6 Å². The van der Waals surface area contributed by atoms with Crippen LogP contribution in [0.1, 0.15) is 34.5 Å². The maximum Gasteiger partial charge on any atom is 0.252 e. The lowest BCUT2D eigenvalue weighted by molar-refractivity contribution is 0.0943. The number of carbonyl (C=O) groups is 1. The van der Waals surface area contributed by atoms with Gasteiger partial charge in [0.2, 0.25) is 0 Å². The average molecular weight is 332 g/mol. The molecule has 0 aliphatic rings. The van der Waals surface area contributed by atoms with Crippen LogP contribution in [-0.4, -0.2) is 17.5 Å². The van der Waals surface area contributed by atoms with Crippen molar-refractivity contribution in [3.63, 3.8) is 0 Å². The molecule has 2 aromatic carbocycles. The lowest BCUT2D eigenvalue weighted by Crippen LogP contribution is -2.29. The molecule has 0 saturated heterocycles. The first kappa shape index (κ1) is 16.7. The molecular weight excluding hydrogens is 312 g/mol. The fraction of sp³-hybridized carbons (Fsp3) is 0.143. The number of carbonyl (C=O) groups excluding carboxylic acids is 1. The number of benzene rings is 2. The van der Waals surface area contributed by atoms with E-state index in [-0.39, 0.29) is 11.9 Å². The number of ether oxygens (including phenoxy) is 1. The molecule has 0 saturated carbocycles. The number of nitrogens with zero attached hydrogens (tertiary/aromatic N) is 1. The Morgan fingerprint density at radius 1 is 1.00 bits per heavy atom. The summed E-state index contributed by atoms with van der Waals surface area (Å²) >= 11 is 0. The zero-order valence-electron chi connectivity index (χ0n) is 14.1. The fourth-order valence-corrected chi connectivity index (χ4v) is 2.63. The highest BCUT2D eigenvalue weighted by Crippen LogP contribution is 2.22. The third kappa shape index (κ3) is 4.23. The minimum absolute atomic E-state index is 0.138. The number of rotatable bonds is 6. The summed E-state index contributed by atoms with van der Waals surface area (Å²) in [4.78, 5) is 16.9. The summed E-state index contributed by atoms with van der Waals surface area (Å²) in [6, 6.07) is 20.6. The Morgan fingerprint density at radius 3 is 2.36 bits per heavy atom. The van der Waals surface area contributed by atoms with Crippen molar-refractivity contribution in [1.29, 1.82) is 0 Å². The van der Waals surface area contributed by atoms with E-state index in [1.165, 1.54) is 0 Å². The van der Waals surface area contributed by atoms with Gasteiger partial charge in [0.15, 0.2) is 0 Å². The Bertz CT molecular complexity index is 763. The summed E-state index contributed by atoms with van der Waals surface area (Å²) in [6.45, 7) is 2.53. The molecule has 0 aliphatic heterocycles. The van der Waals surface area contributed by atoms with E-state index >= 15 is 0 Å². The topological polar surface area (TPSA) is 51.2 Å². The third-order valence-corrected chi connectivity index (χ3v) is 3.85. The van der Waals surface area contributed by atoms with Crippen LogP contribution in [0.2, 0.25) is 0 Å². The van der Waals surface area contributed by atoms with Gasteiger partial charge in [0.1, 0.15) is 5.75 Å². The lowest BCUT2D eigenvalue weighted by Gasteiger charge is -2.19. The monoisotopic (exact) mass is 332 g/mol.